The lowest BCUT2D eigenvalue weighted by Crippen LogP contribution is -2.37. The number of aromatic nitrogens is 2. The monoisotopic (exact) mass is 265 g/mol. The molecule has 0 amide bonds. The van der Waals surface area contributed by atoms with Crippen molar-refractivity contribution in [3.05, 3.63) is 17.0 Å². The second-order valence-corrected chi connectivity index (χ2v) is 4.43. The van der Waals surface area contributed by atoms with Crippen molar-refractivity contribution in [3.8, 4) is 0 Å². The molecule has 0 bridgehead atoms. The number of hydrogen-bond acceptors (Lipinski definition) is 2. The first-order valence-electron chi connectivity index (χ1n) is 7.23. The van der Waals surface area contributed by atoms with Crippen LogP contribution < -0.4 is 10.6 Å². The molecule has 0 aliphatic carbocycles. The van der Waals surface area contributed by atoms with Crippen molar-refractivity contribution in [2.45, 2.75) is 47.1 Å². The number of aliphatic imine (C=N–C) groups is 1. The van der Waals surface area contributed by atoms with Crippen LogP contribution in [0.3, 0.4) is 0 Å². The molecule has 1 aromatic heterocycles. The summed E-state index contributed by atoms with van der Waals surface area (Å²) in [5.41, 5.74) is 3.73. The van der Waals surface area contributed by atoms with Gasteiger partial charge in [-0.15, -0.1) is 0 Å². The van der Waals surface area contributed by atoms with Gasteiger partial charge in [0.2, 0.25) is 0 Å². The van der Waals surface area contributed by atoms with Crippen molar-refractivity contribution in [1.82, 2.24) is 20.4 Å². The van der Waals surface area contributed by atoms with Gasteiger partial charge in [0.05, 0.1) is 12.2 Å². The normalized spacial score (nSPS) is 10.4. The molecule has 2 N–H and O–H groups in total. The standard InChI is InChI=1S/C14H27N5/c1-6-12-11(13(7-2)19(5)18-12)10-17-14(15-8-3)16-9-4/h6-10H2,1-5H3,(H2,15,16,17). The summed E-state index contributed by atoms with van der Waals surface area (Å²) < 4.78 is 1.99. The molecule has 0 aliphatic heterocycles. The number of nitrogens with zero attached hydrogens (tertiary/aromatic N) is 3. The lowest BCUT2D eigenvalue weighted by atomic mass is 10.1. The zero-order valence-corrected chi connectivity index (χ0v) is 12.9. The second-order valence-electron chi connectivity index (χ2n) is 4.43. The zero-order valence-electron chi connectivity index (χ0n) is 12.9. The van der Waals surface area contributed by atoms with Gasteiger partial charge in [-0.3, -0.25) is 4.68 Å². The molecule has 5 heteroatoms. The van der Waals surface area contributed by atoms with Crippen molar-refractivity contribution < 1.29 is 0 Å². The lowest BCUT2D eigenvalue weighted by Gasteiger charge is -2.09. The fourth-order valence-corrected chi connectivity index (χ4v) is 2.24. The Morgan fingerprint density at radius 3 is 2.21 bits per heavy atom. The Kier molecular flexibility index (Phi) is 6.39. The van der Waals surface area contributed by atoms with E-state index >= 15 is 0 Å². The highest BCUT2D eigenvalue weighted by molar-refractivity contribution is 5.79. The van der Waals surface area contributed by atoms with Crippen molar-refractivity contribution in [3.63, 3.8) is 0 Å². The highest BCUT2D eigenvalue weighted by Gasteiger charge is 2.13. The lowest BCUT2D eigenvalue weighted by molar-refractivity contribution is 0.703. The Labute approximate surface area is 116 Å². The van der Waals surface area contributed by atoms with Crippen LogP contribution in [0.2, 0.25) is 0 Å². The maximum Gasteiger partial charge on any atom is 0.191 e. The van der Waals surface area contributed by atoms with Crippen molar-refractivity contribution in [2.75, 3.05) is 13.1 Å². The third-order valence-electron chi connectivity index (χ3n) is 3.11. The fourth-order valence-electron chi connectivity index (χ4n) is 2.24. The van der Waals surface area contributed by atoms with Crippen LogP contribution >= 0.6 is 0 Å². The van der Waals surface area contributed by atoms with Gasteiger partial charge in [-0.1, -0.05) is 13.8 Å². The molecule has 1 aromatic rings. The third kappa shape index (κ3) is 3.98. The predicted molar refractivity (Wildman–Crippen MR) is 80.5 cm³/mol. The summed E-state index contributed by atoms with van der Waals surface area (Å²) in [4.78, 5) is 4.65. The first kappa shape index (κ1) is 15.5. The van der Waals surface area contributed by atoms with E-state index in [1.165, 1.54) is 11.3 Å². The van der Waals surface area contributed by atoms with Gasteiger partial charge < -0.3 is 10.6 Å². The van der Waals surface area contributed by atoms with E-state index in [2.05, 4.69) is 48.4 Å². The van der Waals surface area contributed by atoms with Gasteiger partial charge in [0, 0.05) is 31.4 Å². The topological polar surface area (TPSA) is 54.2 Å². The molecule has 0 saturated heterocycles. The van der Waals surface area contributed by atoms with Crippen LogP contribution in [0.5, 0.6) is 0 Å². The van der Waals surface area contributed by atoms with E-state index in [4.69, 9.17) is 0 Å². The van der Waals surface area contributed by atoms with E-state index in [1.54, 1.807) is 0 Å². The zero-order chi connectivity index (χ0) is 14.3. The highest BCUT2D eigenvalue weighted by Crippen LogP contribution is 2.16. The van der Waals surface area contributed by atoms with Crippen LogP contribution in [0.25, 0.3) is 0 Å². The quantitative estimate of drug-likeness (QED) is 0.607. The molecule has 0 unspecified atom stereocenters. The SMILES string of the molecule is CCNC(=NCc1c(CC)nn(C)c1CC)NCC. The summed E-state index contributed by atoms with van der Waals surface area (Å²) in [7, 11) is 2.01. The van der Waals surface area contributed by atoms with E-state index in [-0.39, 0.29) is 0 Å². The molecule has 0 fully saturated rings. The number of nitrogens with one attached hydrogen (secondary N) is 2. The summed E-state index contributed by atoms with van der Waals surface area (Å²) in [5.74, 6) is 0.873. The summed E-state index contributed by atoms with van der Waals surface area (Å²) in [5, 5.41) is 11.1. The van der Waals surface area contributed by atoms with Crippen LogP contribution in [0.1, 0.15) is 44.6 Å². The Hall–Kier alpha value is -1.52. The average Bonchev–Trinajstić information content (AvgIpc) is 2.71. The number of rotatable bonds is 6. The number of aryl methyl sites for hydroxylation is 2. The minimum Gasteiger partial charge on any atom is -0.357 e. The first-order valence-corrected chi connectivity index (χ1v) is 7.23. The van der Waals surface area contributed by atoms with E-state index in [9.17, 15) is 0 Å². The third-order valence-corrected chi connectivity index (χ3v) is 3.11. The largest absolute Gasteiger partial charge is 0.357 e. The average molecular weight is 265 g/mol. The van der Waals surface area contributed by atoms with Gasteiger partial charge in [0.1, 0.15) is 0 Å². The van der Waals surface area contributed by atoms with E-state index in [0.717, 1.165) is 37.6 Å². The number of guanidine groups is 1. The maximum atomic E-state index is 4.65. The minimum atomic E-state index is 0.690. The first-order chi connectivity index (χ1) is 9.17. The molecule has 5 nitrogen and oxygen atoms in total. The fraction of sp³-hybridized carbons (Fsp3) is 0.714. The molecule has 0 radical (unpaired) electrons. The van der Waals surface area contributed by atoms with E-state index in [0.29, 0.717) is 6.54 Å². The van der Waals surface area contributed by atoms with Gasteiger partial charge >= 0.3 is 0 Å². The molecule has 108 valence electrons. The van der Waals surface area contributed by atoms with Crippen molar-refractivity contribution in [1.29, 1.82) is 0 Å². The van der Waals surface area contributed by atoms with Gasteiger partial charge in [0.25, 0.3) is 0 Å². The second kappa shape index (κ2) is 7.81. The van der Waals surface area contributed by atoms with Crippen molar-refractivity contribution >= 4 is 5.96 Å². The Balaban J connectivity index is 2.93. The van der Waals surface area contributed by atoms with Gasteiger partial charge in [-0.2, -0.15) is 5.10 Å². The summed E-state index contributed by atoms with van der Waals surface area (Å²) in [6, 6.07) is 0. The molecular formula is C14H27N5. The molecule has 19 heavy (non-hydrogen) atoms. The van der Waals surface area contributed by atoms with Gasteiger partial charge in [0.15, 0.2) is 5.96 Å². The summed E-state index contributed by atoms with van der Waals surface area (Å²) >= 11 is 0. The highest BCUT2D eigenvalue weighted by atomic mass is 15.3. The molecule has 0 aliphatic rings. The van der Waals surface area contributed by atoms with Crippen LogP contribution in [0, 0.1) is 0 Å². The summed E-state index contributed by atoms with van der Waals surface area (Å²) in [6.07, 6.45) is 1.95. The van der Waals surface area contributed by atoms with Gasteiger partial charge in [-0.05, 0) is 26.7 Å². The Morgan fingerprint density at radius 2 is 1.74 bits per heavy atom. The minimum absolute atomic E-state index is 0.690. The Morgan fingerprint density at radius 1 is 1.11 bits per heavy atom. The Bertz CT molecular complexity index is 412. The van der Waals surface area contributed by atoms with Crippen molar-refractivity contribution in [2.24, 2.45) is 12.0 Å². The molecule has 1 rings (SSSR count). The van der Waals surface area contributed by atoms with Crippen LogP contribution in [-0.2, 0) is 26.4 Å². The van der Waals surface area contributed by atoms with Crippen LogP contribution in [-0.4, -0.2) is 28.8 Å². The van der Waals surface area contributed by atoms with Gasteiger partial charge in [-0.25, -0.2) is 4.99 Å². The predicted octanol–water partition coefficient (Wildman–Crippen LogP) is 1.62. The molecule has 0 aromatic carbocycles. The summed E-state index contributed by atoms with van der Waals surface area (Å²) in [6.45, 7) is 10.9. The van der Waals surface area contributed by atoms with Crippen LogP contribution in [0.4, 0.5) is 0 Å². The molecule has 0 spiro atoms. The molecule has 0 atom stereocenters. The molecular weight excluding hydrogens is 238 g/mol. The van der Waals surface area contributed by atoms with E-state index in [1.807, 2.05) is 11.7 Å². The molecule has 0 saturated carbocycles. The number of hydrogen-bond donors (Lipinski definition) is 2. The van der Waals surface area contributed by atoms with Crippen LogP contribution in [0.15, 0.2) is 4.99 Å². The maximum absolute atomic E-state index is 4.65. The van der Waals surface area contributed by atoms with E-state index < -0.39 is 0 Å². The smallest absolute Gasteiger partial charge is 0.191 e. The molecule has 1 heterocycles.